The zero-order valence-electron chi connectivity index (χ0n) is 12.1. The molecule has 1 aromatic heterocycles. The van der Waals surface area contributed by atoms with Gasteiger partial charge in [-0.05, 0) is 12.1 Å². The lowest BCUT2D eigenvalue weighted by Gasteiger charge is -2.30. The van der Waals surface area contributed by atoms with Crippen LogP contribution < -0.4 is 10.5 Å². The molecule has 1 N–H and O–H groups in total. The Morgan fingerprint density at radius 2 is 2.32 bits per heavy atom. The summed E-state index contributed by atoms with van der Waals surface area (Å²) in [6.07, 6.45) is 3.60. The van der Waals surface area contributed by atoms with Gasteiger partial charge in [0.1, 0.15) is 12.4 Å². The summed E-state index contributed by atoms with van der Waals surface area (Å²) in [6, 6.07) is 5.55. The van der Waals surface area contributed by atoms with Crippen LogP contribution in [0.1, 0.15) is 0 Å². The lowest BCUT2D eigenvalue weighted by atomic mass is 10.1. The summed E-state index contributed by atoms with van der Waals surface area (Å²) < 4.78 is 5.20. The molecule has 22 heavy (non-hydrogen) atoms. The van der Waals surface area contributed by atoms with Crippen LogP contribution in [0.25, 0.3) is 10.8 Å². The molecule has 2 aliphatic rings. The van der Waals surface area contributed by atoms with Crippen molar-refractivity contribution in [3.05, 3.63) is 41.0 Å². The van der Waals surface area contributed by atoms with Crippen molar-refractivity contribution in [2.45, 2.75) is 0 Å². The Morgan fingerprint density at radius 1 is 1.41 bits per heavy atom. The molecule has 0 saturated heterocycles. The smallest absolute Gasteiger partial charge is 0.272 e. The van der Waals surface area contributed by atoms with Crippen LogP contribution >= 0.6 is 0 Å². The number of likely N-dealkylation sites (N-methyl/N-ethyl adjacent to an activating group) is 1. The number of nitrogens with zero attached hydrogens (tertiary/aromatic N) is 4. The van der Waals surface area contributed by atoms with Gasteiger partial charge in [-0.1, -0.05) is 6.07 Å². The number of aromatic nitrogens is 2. The first kappa shape index (κ1) is 12.9. The number of nitrogens with one attached hydrogen (secondary N) is 1. The van der Waals surface area contributed by atoms with Crippen LogP contribution in [0.15, 0.2) is 40.4 Å². The van der Waals surface area contributed by atoms with Crippen LogP contribution in [-0.4, -0.2) is 47.7 Å². The molecule has 0 atom stereocenters. The van der Waals surface area contributed by atoms with Gasteiger partial charge in [0.2, 0.25) is 0 Å². The Morgan fingerprint density at radius 3 is 3.14 bits per heavy atom. The molecular weight excluding hydrogens is 282 g/mol. The molecule has 0 saturated carbocycles. The molecule has 0 spiro atoms. The third-order valence-electron chi connectivity index (χ3n) is 3.94. The van der Waals surface area contributed by atoms with Gasteiger partial charge in [0.25, 0.3) is 5.56 Å². The van der Waals surface area contributed by atoms with Gasteiger partial charge >= 0.3 is 0 Å². The molecule has 3 heterocycles. The lowest BCUT2D eigenvalue weighted by molar-refractivity contribution is 0.182. The fourth-order valence-electron chi connectivity index (χ4n) is 2.75. The van der Waals surface area contributed by atoms with Gasteiger partial charge in [-0.3, -0.25) is 4.79 Å². The largest absolute Gasteiger partial charge is 0.498 e. The van der Waals surface area contributed by atoms with E-state index in [1.807, 2.05) is 30.3 Å². The van der Waals surface area contributed by atoms with Crippen LogP contribution in [0.2, 0.25) is 0 Å². The molecule has 2 aromatic rings. The van der Waals surface area contributed by atoms with Crippen LogP contribution in [0.5, 0.6) is 0 Å². The van der Waals surface area contributed by atoms with E-state index in [2.05, 4.69) is 15.1 Å². The van der Waals surface area contributed by atoms with Crippen LogP contribution in [0, 0.1) is 0 Å². The third-order valence-corrected chi connectivity index (χ3v) is 3.94. The lowest BCUT2D eigenvalue weighted by Crippen LogP contribution is -2.40. The highest BCUT2D eigenvalue weighted by Gasteiger charge is 2.23. The third kappa shape index (κ3) is 1.93. The predicted molar refractivity (Wildman–Crippen MR) is 84.5 cm³/mol. The summed E-state index contributed by atoms with van der Waals surface area (Å²) in [5.74, 6) is 1.61. The molecular formula is C15H15N5O2. The minimum atomic E-state index is -0.191. The minimum absolute atomic E-state index is 0.191. The number of aromatic amines is 1. The van der Waals surface area contributed by atoms with Crippen LogP contribution in [0.3, 0.4) is 0 Å². The molecule has 0 amide bonds. The Balaban J connectivity index is 1.81. The summed E-state index contributed by atoms with van der Waals surface area (Å²) >= 11 is 0. The zero-order valence-corrected chi connectivity index (χ0v) is 12.1. The first-order valence-corrected chi connectivity index (χ1v) is 7.09. The van der Waals surface area contributed by atoms with Crippen LogP contribution in [0.4, 0.5) is 11.5 Å². The Kier molecular flexibility index (Phi) is 2.85. The number of H-pyrrole nitrogens is 1. The fraction of sp³-hybridized carbons (Fsp3) is 0.267. The Bertz CT molecular complexity index is 855. The standard InChI is InChI=1S/C15H15N5O2/c1-19-12(9-20-5-7-22-8-6-20)16-11-4-2-3-10-13(11)14(19)17-18-15(10)21/h2-5,7H,6,8-9H2,1H3,(H,18,21). The van der Waals surface area contributed by atoms with Crippen molar-refractivity contribution in [1.82, 2.24) is 15.1 Å². The van der Waals surface area contributed by atoms with Gasteiger partial charge in [0, 0.05) is 13.2 Å². The normalized spacial score (nSPS) is 16.7. The number of aliphatic imine (C=N–C) groups is 1. The van der Waals surface area contributed by atoms with E-state index < -0.39 is 0 Å². The molecule has 2 aliphatic heterocycles. The van der Waals surface area contributed by atoms with E-state index in [0.29, 0.717) is 18.5 Å². The van der Waals surface area contributed by atoms with Crippen molar-refractivity contribution < 1.29 is 4.74 Å². The molecule has 0 bridgehead atoms. The van der Waals surface area contributed by atoms with Crippen molar-refractivity contribution in [2.24, 2.45) is 4.99 Å². The highest BCUT2D eigenvalue weighted by atomic mass is 16.5. The van der Waals surface area contributed by atoms with E-state index in [0.717, 1.165) is 29.3 Å². The number of rotatable bonds is 2. The predicted octanol–water partition coefficient (Wildman–Crippen LogP) is 1.21. The van der Waals surface area contributed by atoms with Gasteiger partial charge in [-0.15, -0.1) is 0 Å². The first-order valence-electron chi connectivity index (χ1n) is 7.09. The maximum atomic E-state index is 11.9. The van der Waals surface area contributed by atoms with Gasteiger partial charge < -0.3 is 14.5 Å². The molecule has 7 heteroatoms. The highest BCUT2D eigenvalue weighted by Crippen LogP contribution is 2.34. The fourth-order valence-corrected chi connectivity index (χ4v) is 2.75. The van der Waals surface area contributed by atoms with E-state index in [-0.39, 0.29) is 5.56 Å². The van der Waals surface area contributed by atoms with Crippen molar-refractivity contribution in [1.29, 1.82) is 0 Å². The van der Waals surface area contributed by atoms with Crippen LogP contribution in [-0.2, 0) is 4.74 Å². The average Bonchev–Trinajstić information content (AvgIpc) is 2.55. The van der Waals surface area contributed by atoms with Crippen molar-refractivity contribution >= 4 is 28.1 Å². The number of hydrogen-bond donors (Lipinski definition) is 1. The molecule has 0 fully saturated rings. The monoisotopic (exact) mass is 297 g/mol. The second-order valence-corrected chi connectivity index (χ2v) is 5.29. The second kappa shape index (κ2) is 4.87. The number of hydrogen-bond acceptors (Lipinski definition) is 6. The molecule has 112 valence electrons. The average molecular weight is 297 g/mol. The summed E-state index contributed by atoms with van der Waals surface area (Å²) in [5.41, 5.74) is 0.597. The number of ether oxygens (including phenoxy) is 1. The maximum absolute atomic E-state index is 11.9. The molecule has 1 aromatic carbocycles. The summed E-state index contributed by atoms with van der Waals surface area (Å²) in [4.78, 5) is 20.7. The van der Waals surface area contributed by atoms with Gasteiger partial charge in [0.05, 0.1) is 35.8 Å². The number of amidine groups is 1. The zero-order chi connectivity index (χ0) is 15.1. The Labute approximate surface area is 126 Å². The quantitative estimate of drug-likeness (QED) is 0.902. The van der Waals surface area contributed by atoms with Crippen molar-refractivity contribution in [3.8, 4) is 0 Å². The molecule has 4 rings (SSSR count). The van der Waals surface area contributed by atoms with Gasteiger partial charge in [0.15, 0.2) is 5.82 Å². The minimum Gasteiger partial charge on any atom is -0.498 e. The summed E-state index contributed by atoms with van der Waals surface area (Å²) in [5, 5.41) is 8.18. The highest BCUT2D eigenvalue weighted by molar-refractivity contribution is 6.13. The molecule has 0 aliphatic carbocycles. The van der Waals surface area contributed by atoms with E-state index in [1.54, 1.807) is 12.3 Å². The maximum Gasteiger partial charge on any atom is 0.272 e. The van der Waals surface area contributed by atoms with E-state index in [1.165, 1.54) is 0 Å². The summed E-state index contributed by atoms with van der Waals surface area (Å²) in [6.45, 7) is 2.15. The Hall–Kier alpha value is -2.83. The first-order chi connectivity index (χ1) is 10.7. The number of benzene rings is 1. The van der Waals surface area contributed by atoms with Gasteiger partial charge in [-0.25, -0.2) is 10.1 Å². The second-order valence-electron chi connectivity index (χ2n) is 5.29. The molecule has 7 nitrogen and oxygen atoms in total. The van der Waals surface area contributed by atoms with E-state index in [4.69, 9.17) is 9.73 Å². The van der Waals surface area contributed by atoms with Gasteiger partial charge in [-0.2, -0.15) is 5.10 Å². The van der Waals surface area contributed by atoms with Crippen molar-refractivity contribution in [3.63, 3.8) is 0 Å². The van der Waals surface area contributed by atoms with E-state index in [9.17, 15) is 4.79 Å². The summed E-state index contributed by atoms with van der Waals surface area (Å²) in [7, 11) is 1.92. The van der Waals surface area contributed by atoms with E-state index >= 15 is 0 Å². The molecule has 0 radical (unpaired) electrons. The SMILES string of the molecule is CN1C(CN2C=COCC2)=Nc2cccc3c(=O)[nH]nc1c23. The number of anilines is 1. The molecule has 0 unspecified atom stereocenters. The topological polar surface area (TPSA) is 73.8 Å². The van der Waals surface area contributed by atoms with Crippen molar-refractivity contribution in [2.75, 3.05) is 31.6 Å².